The van der Waals surface area contributed by atoms with Crippen molar-refractivity contribution >= 4 is 11.5 Å². The molecule has 4 heteroatoms. The summed E-state index contributed by atoms with van der Waals surface area (Å²) in [5.41, 5.74) is 2.53. The molecule has 1 fully saturated rings. The summed E-state index contributed by atoms with van der Waals surface area (Å²) in [5, 5.41) is 7.00. The number of ether oxygens (including phenoxy) is 1. The van der Waals surface area contributed by atoms with Gasteiger partial charge in [-0.2, -0.15) is 0 Å². The van der Waals surface area contributed by atoms with Crippen LogP contribution in [-0.4, -0.2) is 30.8 Å². The van der Waals surface area contributed by atoms with E-state index in [2.05, 4.69) is 29.5 Å². The third kappa shape index (κ3) is 1.37. The van der Waals surface area contributed by atoms with Gasteiger partial charge in [0.15, 0.2) is 0 Å². The van der Waals surface area contributed by atoms with Crippen molar-refractivity contribution in [2.45, 2.75) is 19.9 Å². The van der Waals surface area contributed by atoms with Crippen LogP contribution >= 0.6 is 0 Å². The fraction of sp³-hybridized carbons (Fsp3) is 0.583. The molecule has 0 spiro atoms. The van der Waals surface area contributed by atoms with Gasteiger partial charge in [-0.3, -0.25) is 0 Å². The largest absolute Gasteiger partial charge is 0.381 e. The molecule has 1 saturated heterocycles. The van der Waals surface area contributed by atoms with Crippen LogP contribution in [0.5, 0.6) is 0 Å². The summed E-state index contributed by atoms with van der Waals surface area (Å²) >= 11 is 0. The van der Waals surface area contributed by atoms with Gasteiger partial charge in [-0.05, 0) is 18.6 Å². The second-order valence-electron chi connectivity index (χ2n) is 5.07. The Labute approximate surface area is 95.4 Å². The van der Waals surface area contributed by atoms with Crippen LogP contribution in [0.25, 0.3) is 0 Å². The Balaban J connectivity index is 2.00. The first-order valence-corrected chi connectivity index (χ1v) is 5.73. The van der Waals surface area contributed by atoms with Crippen LogP contribution in [0, 0.1) is 12.3 Å². The number of nitrogens with one attached hydrogen (secondary N) is 2. The molecule has 2 unspecified atom stereocenters. The van der Waals surface area contributed by atoms with Crippen molar-refractivity contribution in [2.75, 3.05) is 30.4 Å². The predicted octanol–water partition coefficient (Wildman–Crippen LogP) is 1.63. The van der Waals surface area contributed by atoms with Gasteiger partial charge in [-0.25, -0.2) is 4.98 Å². The van der Waals surface area contributed by atoms with Crippen LogP contribution in [0.1, 0.15) is 12.5 Å². The third-order valence-corrected chi connectivity index (χ3v) is 3.70. The highest BCUT2D eigenvalue weighted by Crippen LogP contribution is 2.36. The summed E-state index contributed by atoms with van der Waals surface area (Å²) in [6, 6.07) is 2.39. The van der Waals surface area contributed by atoms with Gasteiger partial charge in [-0.15, -0.1) is 0 Å². The van der Waals surface area contributed by atoms with E-state index in [1.807, 2.05) is 12.3 Å². The van der Waals surface area contributed by atoms with Gasteiger partial charge >= 0.3 is 0 Å². The molecule has 3 rings (SSSR count). The highest BCUT2D eigenvalue weighted by Gasteiger charge is 2.42. The van der Waals surface area contributed by atoms with E-state index in [0.717, 1.165) is 31.3 Å². The van der Waals surface area contributed by atoms with Gasteiger partial charge < -0.3 is 15.4 Å². The number of rotatable bonds is 0. The average molecular weight is 219 g/mol. The molecule has 0 bridgehead atoms. The van der Waals surface area contributed by atoms with E-state index < -0.39 is 0 Å². The van der Waals surface area contributed by atoms with Gasteiger partial charge in [0.1, 0.15) is 5.82 Å². The van der Waals surface area contributed by atoms with E-state index in [1.165, 1.54) is 5.56 Å². The quantitative estimate of drug-likeness (QED) is 0.696. The molecular formula is C12H17N3O. The summed E-state index contributed by atoms with van der Waals surface area (Å²) in [7, 11) is 0. The molecule has 2 aliphatic rings. The molecule has 0 aromatic carbocycles. The number of hydrogen-bond acceptors (Lipinski definition) is 4. The fourth-order valence-corrected chi connectivity index (χ4v) is 2.45. The molecule has 16 heavy (non-hydrogen) atoms. The zero-order chi connectivity index (χ0) is 11.2. The lowest BCUT2D eigenvalue weighted by Gasteiger charge is -2.27. The van der Waals surface area contributed by atoms with Gasteiger partial charge in [0.05, 0.1) is 24.9 Å². The van der Waals surface area contributed by atoms with Gasteiger partial charge in [0, 0.05) is 18.2 Å². The lowest BCUT2D eigenvalue weighted by Crippen LogP contribution is -2.40. The first-order chi connectivity index (χ1) is 7.69. The minimum atomic E-state index is 0.160. The van der Waals surface area contributed by atoms with Gasteiger partial charge in [0.2, 0.25) is 0 Å². The summed E-state index contributed by atoms with van der Waals surface area (Å²) < 4.78 is 5.57. The van der Waals surface area contributed by atoms with Crippen molar-refractivity contribution < 1.29 is 4.74 Å². The molecule has 2 aliphatic heterocycles. The van der Waals surface area contributed by atoms with Crippen LogP contribution in [-0.2, 0) is 4.74 Å². The van der Waals surface area contributed by atoms with Crippen LogP contribution < -0.4 is 10.6 Å². The maximum absolute atomic E-state index is 5.57. The molecule has 2 atom stereocenters. The Hall–Kier alpha value is -1.29. The number of hydrogen-bond donors (Lipinski definition) is 2. The fourth-order valence-electron chi connectivity index (χ4n) is 2.45. The van der Waals surface area contributed by atoms with Crippen molar-refractivity contribution in [1.29, 1.82) is 0 Å². The van der Waals surface area contributed by atoms with E-state index in [0.29, 0.717) is 6.04 Å². The van der Waals surface area contributed by atoms with Crippen molar-refractivity contribution in [2.24, 2.45) is 5.41 Å². The predicted molar refractivity (Wildman–Crippen MR) is 63.8 cm³/mol. The molecule has 4 nitrogen and oxygen atoms in total. The van der Waals surface area contributed by atoms with Crippen molar-refractivity contribution in [3.63, 3.8) is 0 Å². The normalized spacial score (nSPS) is 32.0. The molecular weight excluding hydrogens is 202 g/mol. The number of fused-ring (bicyclic) bond motifs is 2. The van der Waals surface area contributed by atoms with Gasteiger partial charge in [-0.1, -0.05) is 6.92 Å². The molecule has 86 valence electrons. The van der Waals surface area contributed by atoms with E-state index in [9.17, 15) is 0 Å². The molecule has 2 N–H and O–H groups in total. The maximum atomic E-state index is 5.57. The summed E-state index contributed by atoms with van der Waals surface area (Å²) in [4.78, 5) is 4.40. The van der Waals surface area contributed by atoms with E-state index in [-0.39, 0.29) is 5.41 Å². The summed E-state index contributed by atoms with van der Waals surface area (Å²) in [6.45, 7) is 6.88. The average Bonchev–Trinajstić information content (AvgIpc) is 2.53. The second-order valence-corrected chi connectivity index (χ2v) is 5.07. The highest BCUT2D eigenvalue weighted by atomic mass is 16.5. The third-order valence-electron chi connectivity index (χ3n) is 3.70. The van der Waals surface area contributed by atoms with Crippen molar-refractivity contribution in [3.05, 3.63) is 17.8 Å². The number of pyridine rings is 1. The zero-order valence-electron chi connectivity index (χ0n) is 9.71. The topological polar surface area (TPSA) is 46.2 Å². The highest BCUT2D eigenvalue weighted by molar-refractivity contribution is 5.69. The lowest BCUT2D eigenvalue weighted by molar-refractivity contribution is 0.164. The zero-order valence-corrected chi connectivity index (χ0v) is 9.71. The van der Waals surface area contributed by atoms with E-state index >= 15 is 0 Å². The van der Waals surface area contributed by atoms with Crippen molar-refractivity contribution in [3.8, 4) is 0 Å². The first kappa shape index (κ1) is 9.90. The molecule has 0 saturated carbocycles. The smallest absolute Gasteiger partial charge is 0.149 e. The number of aryl methyl sites for hydroxylation is 1. The lowest BCUT2D eigenvalue weighted by atomic mass is 9.85. The Morgan fingerprint density at radius 3 is 3.31 bits per heavy atom. The Morgan fingerprint density at radius 1 is 1.56 bits per heavy atom. The minimum absolute atomic E-state index is 0.160. The molecule has 1 aromatic heterocycles. The Bertz CT molecular complexity index is 421. The number of anilines is 2. The molecule has 0 amide bonds. The Kier molecular flexibility index (Phi) is 2.07. The molecule has 3 heterocycles. The maximum Gasteiger partial charge on any atom is 0.149 e. The molecule has 1 aromatic rings. The summed E-state index contributed by atoms with van der Waals surface area (Å²) in [5.74, 6) is 0.958. The standard InChI is InChI=1S/C12H17N3O/c1-8-3-4-13-11-10(8)14-6-12(2)7-16-5-9(12)15-11/h3-4,9,14H,5-7H2,1-2H3,(H,13,15). The van der Waals surface area contributed by atoms with E-state index in [4.69, 9.17) is 4.74 Å². The minimum Gasteiger partial charge on any atom is -0.381 e. The first-order valence-electron chi connectivity index (χ1n) is 5.73. The van der Waals surface area contributed by atoms with Crippen LogP contribution in [0.2, 0.25) is 0 Å². The molecule has 0 aliphatic carbocycles. The van der Waals surface area contributed by atoms with Crippen LogP contribution in [0.15, 0.2) is 12.3 Å². The molecule has 0 radical (unpaired) electrons. The number of nitrogens with zero attached hydrogens (tertiary/aromatic N) is 1. The van der Waals surface area contributed by atoms with Crippen LogP contribution in [0.3, 0.4) is 0 Å². The second kappa shape index (κ2) is 3.35. The van der Waals surface area contributed by atoms with E-state index in [1.54, 1.807) is 0 Å². The number of aromatic nitrogens is 1. The monoisotopic (exact) mass is 219 g/mol. The van der Waals surface area contributed by atoms with Crippen molar-refractivity contribution in [1.82, 2.24) is 4.98 Å². The SMILES string of the molecule is Cc1ccnc2c1NCC1(C)COCC1N2. The van der Waals surface area contributed by atoms with Crippen LogP contribution in [0.4, 0.5) is 11.5 Å². The summed E-state index contributed by atoms with van der Waals surface area (Å²) in [6.07, 6.45) is 1.85. The Morgan fingerprint density at radius 2 is 2.44 bits per heavy atom. The van der Waals surface area contributed by atoms with Gasteiger partial charge in [0.25, 0.3) is 0 Å².